The van der Waals surface area contributed by atoms with E-state index < -0.39 is 0 Å². The van der Waals surface area contributed by atoms with E-state index in [9.17, 15) is 9.59 Å². The van der Waals surface area contributed by atoms with Crippen molar-refractivity contribution < 1.29 is 14.3 Å². The molecule has 1 amide bonds. The van der Waals surface area contributed by atoms with Crippen LogP contribution >= 0.6 is 0 Å². The third kappa shape index (κ3) is 3.06. The summed E-state index contributed by atoms with van der Waals surface area (Å²) < 4.78 is 5.26. The van der Waals surface area contributed by atoms with E-state index in [1.165, 1.54) is 6.92 Å². The van der Waals surface area contributed by atoms with Crippen molar-refractivity contribution in [2.75, 3.05) is 12.4 Å². The van der Waals surface area contributed by atoms with Gasteiger partial charge in [0.25, 0.3) is 0 Å². The summed E-state index contributed by atoms with van der Waals surface area (Å²) in [7, 11) is 1.55. The smallest absolute Gasteiger partial charge is 0.221 e. The number of hydrogen-bond donors (Lipinski definition) is 1. The number of hydrogen-bond acceptors (Lipinski definition) is 3. The van der Waals surface area contributed by atoms with Crippen molar-refractivity contribution in [3.8, 4) is 5.75 Å². The number of anilines is 1. The lowest BCUT2D eigenvalue weighted by Crippen LogP contribution is -2.08. The van der Waals surface area contributed by atoms with Gasteiger partial charge in [0, 0.05) is 29.8 Å². The van der Waals surface area contributed by atoms with E-state index in [1.54, 1.807) is 19.2 Å². The first kappa shape index (κ1) is 13.2. The van der Waals surface area contributed by atoms with Crippen LogP contribution in [0.3, 0.4) is 0 Å². The molecule has 0 aliphatic carbocycles. The molecule has 0 aromatic heterocycles. The maximum Gasteiger partial charge on any atom is 0.221 e. The zero-order valence-electron chi connectivity index (χ0n) is 10.5. The molecular formula is C13H17NO3. The summed E-state index contributed by atoms with van der Waals surface area (Å²) in [4.78, 5) is 22.1. The SMILES string of the molecule is COc1cc(NC(C)=O)cc(C=O)c1C(C)C. The Bertz CT molecular complexity index is 439. The van der Waals surface area contributed by atoms with Crippen molar-refractivity contribution in [1.29, 1.82) is 0 Å². The van der Waals surface area contributed by atoms with E-state index >= 15 is 0 Å². The number of benzene rings is 1. The van der Waals surface area contributed by atoms with Crippen LogP contribution in [0, 0.1) is 0 Å². The molecule has 0 aliphatic heterocycles. The molecule has 1 rings (SSSR count). The molecule has 0 spiro atoms. The molecule has 4 heteroatoms. The van der Waals surface area contributed by atoms with Crippen LogP contribution in [-0.4, -0.2) is 19.3 Å². The Morgan fingerprint density at radius 1 is 1.41 bits per heavy atom. The van der Waals surface area contributed by atoms with Gasteiger partial charge in [-0.05, 0) is 12.0 Å². The molecule has 0 heterocycles. The van der Waals surface area contributed by atoms with Crippen LogP contribution in [0.5, 0.6) is 5.75 Å². The summed E-state index contributed by atoms with van der Waals surface area (Å²) in [6, 6.07) is 3.38. The maximum atomic E-state index is 11.1. The summed E-state index contributed by atoms with van der Waals surface area (Å²) >= 11 is 0. The van der Waals surface area contributed by atoms with E-state index in [0.29, 0.717) is 17.0 Å². The number of carbonyl (C=O) groups excluding carboxylic acids is 2. The molecule has 92 valence electrons. The van der Waals surface area contributed by atoms with Crippen molar-refractivity contribution in [2.45, 2.75) is 26.7 Å². The van der Waals surface area contributed by atoms with Gasteiger partial charge in [-0.1, -0.05) is 13.8 Å². The van der Waals surface area contributed by atoms with Gasteiger partial charge >= 0.3 is 0 Å². The van der Waals surface area contributed by atoms with E-state index in [2.05, 4.69) is 5.32 Å². The lowest BCUT2D eigenvalue weighted by molar-refractivity contribution is -0.114. The number of carbonyl (C=O) groups is 2. The minimum Gasteiger partial charge on any atom is -0.496 e. The van der Waals surface area contributed by atoms with Gasteiger partial charge in [0.2, 0.25) is 5.91 Å². The van der Waals surface area contributed by atoms with Crippen LogP contribution in [0.25, 0.3) is 0 Å². The molecule has 0 unspecified atom stereocenters. The highest BCUT2D eigenvalue weighted by Gasteiger charge is 2.14. The minimum atomic E-state index is -0.179. The third-order valence-corrected chi connectivity index (χ3v) is 2.42. The van der Waals surface area contributed by atoms with E-state index in [-0.39, 0.29) is 11.8 Å². The minimum absolute atomic E-state index is 0.177. The highest BCUT2D eigenvalue weighted by atomic mass is 16.5. The number of methoxy groups -OCH3 is 1. The third-order valence-electron chi connectivity index (χ3n) is 2.42. The van der Waals surface area contributed by atoms with Gasteiger partial charge < -0.3 is 10.1 Å². The van der Waals surface area contributed by atoms with Crippen LogP contribution < -0.4 is 10.1 Å². The predicted molar refractivity (Wildman–Crippen MR) is 66.8 cm³/mol. The Hall–Kier alpha value is -1.84. The van der Waals surface area contributed by atoms with Gasteiger partial charge in [-0.3, -0.25) is 9.59 Å². The van der Waals surface area contributed by atoms with Crippen molar-refractivity contribution in [1.82, 2.24) is 0 Å². The Morgan fingerprint density at radius 3 is 2.47 bits per heavy atom. The second kappa shape index (κ2) is 5.48. The molecule has 1 N–H and O–H groups in total. The van der Waals surface area contributed by atoms with Crippen molar-refractivity contribution in [2.24, 2.45) is 0 Å². The lowest BCUT2D eigenvalue weighted by Gasteiger charge is -2.16. The van der Waals surface area contributed by atoms with Gasteiger partial charge in [-0.15, -0.1) is 0 Å². The summed E-state index contributed by atoms with van der Waals surface area (Å²) in [5.74, 6) is 0.617. The van der Waals surface area contributed by atoms with Gasteiger partial charge in [0.1, 0.15) is 5.75 Å². The fourth-order valence-electron chi connectivity index (χ4n) is 1.81. The molecule has 0 bridgehead atoms. The Balaban J connectivity index is 3.33. The van der Waals surface area contributed by atoms with Gasteiger partial charge in [-0.25, -0.2) is 0 Å². The van der Waals surface area contributed by atoms with Crippen molar-refractivity contribution >= 4 is 17.9 Å². The topological polar surface area (TPSA) is 55.4 Å². The van der Waals surface area contributed by atoms with Crippen molar-refractivity contribution in [3.05, 3.63) is 23.3 Å². The highest BCUT2D eigenvalue weighted by molar-refractivity contribution is 5.91. The quantitative estimate of drug-likeness (QED) is 0.816. The predicted octanol–water partition coefficient (Wildman–Crippen LogP) is 2.59. The molecule has 0 fully saturated rings. The first-order valence-electron chi connectivity index (χ1n) is 5.44. The fourth-order valence-corrected chi connectivity index (χ4v) is 1.81. The molecule has 0 saturated carbocycles. The Labute approximate surface area is 101 Å². The largest absolute Gasteiger partial charge is 0.496 e. The first-order valence-corrected chi connectivity index (χ1v) is 5.44. The van der Waals surface area contributed by atoms with E-state index in [1.807, 2.05) is 13.8 Å². The summed E-state index contributed by atoms with van der Waals surface area (Å²) in [6.45, 7) is 5.40. The maximum absolute atomic E-state index is 11.1. The fraction of sp³-hybridized carbons (Fsp3) is 0.385. The molecule has 4 nitrogen and oxygen atoms in total. The molecular weight excluding hydrogens is 218 g/mol. The van der Waals surface area contributed by atoms with Gasteiger partial charge in [-0.2, -0.15) is 0 Å². The molecule has 1 aromatic rings. The monoisotopic (exact) mass is 235 g/mol. The molecule has 0 aliphatic rings. The van der Waals surface area contributed by atoms with Crippen molar-refractivity contribution in [3.63, 3.8) is 0 Å². The molecule has 1 aromatic carbocycles. The Kier molecular flexibility index (Phi) is 4.26. The average Bonchev–Trinajstić information content (AvgIpc) is 2.26. The number of nitrogens with one attached hydrogen (secondary N) is 1. The van der Waals surface area contributed by atoms with Crippen LogP contribution in [0.1, 0.15) is 42.6 Å². The van der Waals surface area contributed by atoms with E-state index in [4.69, 9.17) is 4.74 Å². The highest BCUT2D eigenvalue weighted by Crippen LogP contribution is 2.32. The molecule has 0 saturated heterocycles. The molecule has 0 atom stereocenters. The summed E-state index contributed by atoms with van der Waals surface area (Å²) in [5, 5.41) is 2.64. The number of amides is 1. The van der Waals surface area contributed by atoms with Crippen LogP contribution in [0.15, 0.2) is 12.1 Å². The van der Waals surface area contributed by atoms with Gasteiger partial charge in [0.05, 0.1) is 7.11 Å². The number of rotatable bonds is 4. The zero-order valence-corrected chi connectivity index (χ0v) is 10.5. The molecule has 0 radical (unpaired) electrons. The second-order valence-corrected chi connectivity index (χ2v) is 4.14. The van der Waals surface area contributed by atoms with Crippen LogP contribution in [0.4, 0.5) is 5.69 Å². The van der Waals surface area contributed by atoms with Crippen LogP contribution in [-0.2, 0) is 4.79 Å². The summed E-state index contributed by atoms with van der Waals surface area (Å²) in [6.07, 6.45) is 0.781. The number of ether oxygens (including phenoxy) is 1. The second-order valence-electron chi connectivity index (χ2n) is 4.14. The molecule has 17 heavy (non-hydrogen) atoms. The van der Waals surface area contributed by atoms with Crippen LogP contribution in [0.2, 0.25) is 0 Å². The zero-order chi connectivity index (χ0) is 13.0. The van der Waals surface area contributed by atoms with E-state index in [0.717, 1.165) is 11.8 Å². The average molecular weight is 235 g/mol. The Morgan fingerprint density at radius 2 is 2.06 bits per heavy atom. The number of aldehydes is 1. The standard InChI is InChI=1S/C13H17NO3/c1-8(2)13-10(7-15)5-11(14-9(3)16)6-12(13)17-4/h5-8H,1-4H3,(H,14,16). The van der Waals surface area contributed by atoms with Gasteiger partial charge in [0.15, 0.2) is 6.29 Å². The first-order chi connectivity index (χ1) is 7.99. The lowest BCUT2D eigenvalue weighted by atomic mass is 9.96. The normalized spacial score (nSPS) is 10.2. The summed E-state index contributed by atoms with van der Waals surface area (Å²) in [5.41, 5.74) is 1.97.